The number of carboxylic acid groups (broad SMARTS) is 1. The van der Waals surface area contributed by atoms with E-state index in [4.69, 9.17) is 5.11 Å². The number of hydrogen-bond acceptors (Lipinski definition) is 3. The Bertz CT molecular complexity index is 232. The summed E-state index contributed by atoms with van der Waals surface area (Å²) < 4.78 is 0. The van der Waals surface area contributed by atoms with Gasteiger partial charge < -0.3 is 10.2 Å². The average Bonchev–Trinajstić information content (AvgIpc) is 2.43. The third-order valence-corrected chi connectivity index (χ3v) is 3.63. The third kappa shape index (κ3) is 3.19. The molecule has 1 aliphatic rings. The van der Waals surface area contributed by atoms with Gasteiger partial charge in [0.2, 0.25) is 0 Å². The highest BCUT2D eigenvalue weighted by atomic mass is 16.4. The summed E-state index contributed by atoms with van der Waals surface area (Å²) in [6, 6.07) is -0.471. The molecule has 0 amide bonds. The molecule has 2 N–H and O–H groups in total. The van der Waals surface area contributed by atoms with E-state index < -0.39 is 12.0 Å². The van der Waals surface area contributed by atoms with Crippen molar-refractivity contribution in [1.29, 1.82) is 0 Å². The summed E-state index contributed by atoms with van der Waals surface area (Å²) in [4.78, 5) is 12.9. The number of nitrogens with zero attached hydrogens (tertiary/aromatic N) is 1. The van der Waals surface area contributed by atoms with Crippen LogP contribution in [0.25, 0.3) is 0 Å². The van der Waals surface area contributed by atoms with Crippen molar-refractivity contribution in [1.82, 2.24) is 4.90 Å². The van der Waals surface area contributed by atoms with Crippen molar-refractivity contribution in [2.75, 3.05) is 7.05 Å². The van der Waals surface area contributed by atoms with Crippen LogP contribution in [-0.2, 0) is 4.79 Å². The molecule has 1 aliphatic carbocycles. The predicted octanol–water partition coefficient (Wildman–Crippen LogP) is 1.47. The molecule has 0 aliphatic heterocycles. The predicted molar refractivity (Wildman–Crippen MR) is 62.4 cm³/mol. The lowest BCUT2D eigenvalue weighted by Crippen LogP contribution is -2.49. The van der Waals surface area contributed by atoms with Gasteiger partial charge in [-0.05, 0) is 26.3 Å². The van der Waals surface area contributed by atoms with E-state index >= 15 is 0 Å². The number of aliphatic hydroxyl groups excluding tert-OH is 1. The fraction of sp³-hybridized carbons (Fsp3) is 0.917. The molecule has 0 radical (unpaired) electrons. The first-order chi connectivity index (χ1) is 7.57. The highest BCUT2D eigenvalue weighted by Gasteiger charge is 2.31. The monoisotopic (exact) mass is 229 g/mol. The first-order valence-electron chi connectivity index (χ1n) is 6.20. The molecule has 0 saturated heterocycles. The van der Waals surface area contributed by atoms with Crippen molar-refractivity contribution in [3.8, 4) is 0 Å². The molecule has 3 atom stereocenters. The van der Waals surface area contributed by atoms with Gasteiger partial charge in [0.05, 0.1) is 6.10 Å². The molecule has 3 unspecified atom stereocenters. The zero-order valence-electron chi connectivity index (χ0n) is 10.2. The van der Waals surface area contributed by atoms with Crippen LogP contribution in [0.2, 0.25) is 0 Å². The Hall–Kier alpha value is -0.610. The second-order valence-electron chi connectivity index (χ2n) is 4.70. The zero-order chi connectivity index (χ0) is 12.1. The van der Waals surface area contributed by atoms with Gasteiger partial charge in [0.25, 0.3) is 0 Å². The van der Waals surface area contributed by atoms with Crippen LogP contribution in [0, 0.1) is 0 Å². The molecule has 0 heterocycles. The molecule has 1 saturated carbocycles. The smallest absolute Gasteiger partial charge is 0.320 e. The van der Waals surface area contributed by atoms with Gasteiger partial charge in [-0.25, -0.2) is 0 Å². The number of rotatable bonds is 4. The van der Waals surface area contributed by atoms with Crippen LogP contribution >= 0.6 is 0 Å². The maximum absolute atomic E-state index is 11.1. The van der Waals surface area contributed by atoms with Crippen molar-refractivity contribution in [2.24, 2.45) is 0 Å². The molecule has 0 aromatic heterocycles. The minimum atomic E-state index is -0.790. The molecule has 1 fully saturated rings. The molecule has 0 spiro atoms. The van der Waals surface area contributed by atoms with Gasteiger partial charge in [0, 0.05) is 6.04 Å². The van der Waals surface area contributed by atoms with E-state index in [2.05, 4.69) is 0 Å². The number of carbonyl (C=O) groups is 1. The van der Waals surface area contributed by atoms with Gasteiger partial charge in [0.15, 0.2) is 0 Å². The lowest BCUT2D eigenvalue weighted by Gasteiger charge is -2.34. The average molecular weight is 229 g/mol. The van der Waals surface area contributed by atoms with E-state index in [0.717, 1.165) is 32.1 Å². The first kappa shape index (κ1) is 13.5. The summed E-state index contributed by atoms with van der Waals surface area (Å²) in [5, 5.41) is 19.1. The molecule has 0 aromatic rings. The highest BCUT2D eigenvalue weighted by Crippen LogP contribution is 2.23. The van der Waals surface area contributed by atoms with Crippen molar-refractivity contribution < 1.29 is 15.0 Å². The lowest BCUT2D eigenvalue weighted by atomic mass is 10.0. The number of carboxylic acids is 1. The normalized spacial score (nSPS) is 28.8. The van der Waals surface area contributed by atoms with Crippen LogP contribution in [0.15, 0.2) is 0 Å². The zero-order valence-corrected chi connectivity index (χ0v) is 10.2. The second-order valence-corrected chi connectivity index (χ2v) is 4.70. The molecule has 0 aromatic carbocycles. The van der Waals surface area contributed by atoms with E-state index in [1.54, 1.807) is 0 Å². The number of aliphatic hydroxyl groups is 1. The first-order valence-corrected chi connectivity index (χ1v) is 6.20. The van der Waals surface area contributed by atoms with Crippen molar-refractivity contribution in [3.63, 3.8) is 0 Å². The molecule has 4 nitrogen and oxygen atoms in total. The summed E-state index contributed by atoms with van der Waals surface area (Å²) in [6.45, 7) is 1.87. The Balaban J connectivity index is 2.68. The number of aliphatic carboxylic acids is 1. The van der Waals surface area contributed by atoms with Crippen molar-refractivity contribution in [2.45, 2.75) is 63.6 Å². The maximum Gasteiger partial charge on any atom is 0.320 e. The van der Waals surface area contributed by atoms with Gasteiger partial charge in [-0.15, -0.1) is 0 Å². The Morgan fingerprint density at radius 2 is 2.00 bits per heavy atom. The summed E-state index contributed by atoms with van der Waals surface area (Å²) in [5.74, 6) is -0.790. The topological polar surface area (TPSA) is 60.8 Å². The number of likely N-dealkylation sites (N-methyl/N-ethyl adjacent to an activating group) is 1. The van der Waals surface area contributed by atoms with Crippen LogP contribution in [0.3, 0.4) is 0 Å². The minimum Gasteiger partial charge on any atom is -0.480 e. The van der Waals surface area contributed by atoms with Crippen LogP contribution in [0.4, 0.5) is 0 Å². The molecule has 0 bridgehead atoms. The Morgan fingerprint density at radius 1 is 1.38 bits per heavy atom. The lowest BCUT2D eigenvalue weighted by molar-refractivity contribution is -0.144. The largest absolute Gasteiger partial charge is 0.480 e. The van der Waals surface area contributed by atoms with E-state index in [1.807, 2.05) is 18.9 Å². The van der Waals surface area contributed by atoms with Gasteiger partial charge in [-0.1, -0.05) is 26.2 Å². The molecule has 4 heteroatoms. The van der Waals surface area contributed by atoms with Crippen molar-refractivity contribution in [3.05, 3.63) is 0 Å². The van der Waals surface area contributed by atoms with Gasteiger partial charge in [0.1, 0.15) is 6.04 Å². The summed E-state index contributed by atoms with van der Waals surface area (Å²) in [7, 11) is 1.82. The van der Waals surface area contributed by atoms with E-state index in [-0.39, 0.29) is 12.1 Å². The quantitative estimate of drug-likeness (QED) is 0.717. The van der Waals surface area contributed by atoms with E-state index in [1.165, 1.54) is 0 Å². The summed E-state index contributed by atoms with van der Waals surface area (Å²) in [5.41, 5.74) is 0. The standard InChI is InChI=1S/C12H23NO3/c1-3-9(12(15)16)13(2)10-7-5-4-6-8-11(10)14/h9-11,14H,3-8H2,1-2H3,(H,15,16). The molecular weight excluding hydrogens is 206 g/mol. The Kier molecular flexibility index (Phi) is 5.22. The molecule has 16 heavy (non-hydrogen) atoms. The van der Waals surface area contributed by atoms with Crippen LogP contribution in [0.1, 0.15) is 45.4 Å². The number of hydrogen-bond donors (Lipinski definition) is 2. The third-order valence-electron chi connectivity index (χ3n) is 3.63. The van der Waals surface area contributed by atoms with E-state index in [9.17, 15) is 9.90 Å². The van der Waals surface area contributed by atoms with Crippen molar-refractivity contribution >= 4 is 5.97 Å². The fourth-order valence-electron chi connectivity index (χ4n) is 2.61. The van der Waals surface area contributed by atoms with Gasteiger partial charge in [-0.3, -0.25) is 9.69 Å². The summed E-state index contributed by atoms with van der Waals surface area (Å²) in [6.07, 6.45) is 5.19. The maximum atomic E-state index is 11.1. The second kappa shape index (κ2) is 6.21. The fourth-order valence-corrected chi connectivity index (χ4v) is 2.61. The molecule has 94 valence electrons. The SMILES string of the molecule is CCC(C(=O)O)N(C)C1CCCCCC1O. The Morgan fingerprint density at radius 3 is 2.56 bits per heavy atom. The van der Waals surface area contributed by atoms with Crippen LogP contribution in [0.5, 0.6) is 0 Å². The molecular formula is C12H23NO3. The highest BCUT2D eigenvalue weighted by molar-refractivity contribution is 5.73. The van der Waals surface area contributed by atoms with Gasteiger partial charge in [-0.2, -0.15) is 0 Å². The Labute approximate surface area is 97.3 Å². The van der Waals surface area contributed by atoms with E-state index in [0.29, 0.717) is 6.42 Å². The minimum absolute atomic E-state index is 0.00329. The van der Waals surface area contributed by atoms with Crippen LogP contribution in [-0.4, -0.2) is 46.3 Å². The van der Waals surface area contributed by atoms with Gasteiger partial charge >= 0.3 is 5.97 Å². The summed E-state index contributed by atoms with van der Waals surface area (Å²) >= 11 is 0. The van der Waals surface area contributed by atoms with Crippen LogP contribution < -0.4 is 0 Å². The molecule has 1 rings (SSSR count).